The van der Waals surface area contributed by atoms with Crippen LogP contribution in [0.2, 0.25) is 0 Å². The summed E-state index contributed by atoms with van der Waals surface area (Å²) in [5.41, 5.74) is 3.19. The molecule has 47 heavy (non-hydrogen) atoms. The Morgan fingerprint density at radius 2 is 1.57 bits per heavy atom. The number of anilines is 3. The maximum Gasteiger partial charge on any atom is 0.324 e. The Morgan fingerprint density at radius 3 is 2.30 bits per heavy atom. The number of nitrogens with one attached hydrogen (secondary N) is 3. The molecular formula is C36H40N8O3. The Kier molecular flexibility index (Phi) is 8.82. The van der Waals surface area contributed by atoms with E-state index in [0.29, 0.717) is 41.9 Å². The highest BCUT2D eigenvalue weighted by atomic mass is 16.5. The third-order valence-electron chi connectivity index (χ3n) is 8.10. The van der Waals surface area contributed by atoms with Gasteiger partial charge in [0, 0.05) is 55.3 Å². The van der Waals surface area contributed by atoms with E-state index in [1.165, 1.54) is 0 Å². The Morgan fingerprint density at radius 1 is 0.851 bits per heavy atom. The minimum atomic E-state index is -0.418. The summed E-state index contributed by atoms with van der Waals surface area (Å²) in [6, 6.07) is 24.1. The van der Waals surface area contributed by atoms with Gasteiger partial charge < -0.3 is 19.9 Å². The first kappa shape index (κ1) is 31.6. The first-order valence-electron chi connectivity index (χ1n) is 15.7. The molecule has 0 bridgehead atoms. The smallest absolute Gasteiger partial charge is 0.324 e. The van der Waals surface area contributed by atoms with E-state index in [0.717, 1.165) is 40.8 Å². The molecule has 0 saturated carbocycles. The van der Waals surface area contributed by atoms with Gasteiger partial charge in [-0.25, -0.2) is 19.3 Å². The summed E-state index contributed by atoms with van der Waals surface area (Å²) in [4.78, 5) is 34.6. The lowest BCUT2D eigenvalue weighted by molar-refractivity contribution is 0.164. The number of rotatable bonds is 6. The molecule has 1 saturated heterocycles. The summed E-state index contributed by atoms with van der Waals surface area (Å²) in [6.07, 6.45) is 1.59. The zero-order valence-corrected chi connectivity index (χ0v) is 27.4. The zero-order valence-electron chi connectivity index (χ0n) is 27.4. The summed E-state index contributed by atoms with van der Waals surface area (Å²) in [5, 5.41) is 15.4. The maximum atomic E-state index is 13.5. The average molecular weight is 633 g/mol. The molecule has 3 heterocycles. The van der Waals surface area contributed by atoms with Crippen molar-refractivity contribution in [3.63, 3.8) is 0 Å². The Hall–Kier alpha value is -5.42. The fraction of sp³-hybridized carbons (Fsp3) is 0.278. The van der Waals surface area contributed by atoms with Crippen molar-refractivity contribution >= 4 is 40.2 Å². The number of benzene rings is 3. The Labute approximate surface area is 274 Å². The van der Waals surface area contributed by atoms with E-state index >= 15 is 0 Å². The minimum absolute atomic E-state index is 0.191. The molecule has 1 fully saturated rings. The van der Waals surface area contributed by atoms with E-state index in [-0.39, 0.29) is 11.4 Å². The summed E-state index contributed by atoms with van der Waals surface area (Å²) in [6.45, 7) is 11.3. The van der Waals surface area contributed by atoms with E-state index in [9.17, 15) is 9.59 Å². The highest BCUT2D eigenvalue weighted by Gasteiger charge is 2.23. The number of urea groups is 2. The predicted molar refractivity (Wildman–Crippen MR) is 186 cm³/mol. The van der Waals surface area contributed by atoms with E-state index in [4.69, 9.17) is 9.84 Å². The molecule has 3 aromatic carbocycles. The van der Waals surface area contributed by atoms with Crippen LogP contribution in [-0.2, 0) is 5.41 Å². The number of aromatic nitrogens is 3. The number of carbonyl (C=O) groups is 2. The molecule has 11 nitrogen and oxygen atoms in total. The fourth-order valence-electron chi connectivity index (χ4n) is 5.35. The summed E-state index contributed by atoms with van der Waals surface area (Å²) in [5.74, 6) is 1.98. The number of aryl methyl sites for hydroxylation is 1. The van der Waals surface area contributed by atoms with Crippen molar-refractivity contribution in [2.45, 2.75) is 33.1 Å². The van der Waals surface area contributed by atoms with Crippen LogP contribution < -0.4 is 20.7 Å². The molecule has 242 valence electrons. The second-order valence-electron chi connectivity index (χ2n) is 12.9. The van der Waals surface area contributed by atoms with Crippen LogP contribution in [0.1, 0.15) is 32.0 Å². The second-order valence-corrected chi connectivity index (χ2v) is 12.9. The average Bonchev–Trinajstić information content (AvgIpc) is 3.46. The zero-order chi connectivity index (χ0) is 33.1. The van der Waals surface area contributed by atoms with Crippen LogP contribution in [0.15, 0.2) is 85.1 Å². The molecular weight excluding hydrogens is 592 g/mol. The first-order chi connectivity index (χ1) is 22.5. The molecule has 11 heteroatoms. The van der Waals surface area contributed by atoms with Gasteiger partial charge in [-0.05, 0) is 49.7 Å². The first-order valence-corrected chi connectivity index (χ1v) is 15.7. The van der Waals surface area contributed by atoms with Crippen molar-refractivity contribution < 1.29 is 14.3 Å². The van der Waals surface area contributed by atoms with Crippen LogP contribution in [-0.4, -0.2) is 69.9 Å². The molecule has 0 atom stereocenters. The van der Waals surface area contributed by atoms with Crippen molar-refractivity contribution in [2.24, 2.45) is 0 Å². The van der Waals surface area contributed by atoms with Crippen LogP contribution in [0, 0.1) is 6.92 Å². The number of piperazine rings is 1. The van der Waals surface area contributed by atoms with Crippen LogP contribution in [0.25, 0.3) is 16.5 Å². The molecule has 2 aromatic heterocycles. The SMILES string of the molecule is Cc1ccc(-n2nc(C(C)(C)C)cc2NC(=O)Nc2cccc3cccc(Oc4ccnc(NC(=O)N5CCN(C)CC5)c4)c23)cc1. The fourth-order valence-corrected chi connectivity index (χ4v) is 5.35. The minimum Gasteiger partial charge on any atom is -0.456 e. The summed E-state index contributed by atoms with van der Waals surface area (Å²) < 4.78 is 8.09. The number of likely N-dealkylation sites (N-methyl/N-ethyl adjacent to an activating group) is 1. The van der Waals surface area contributed by atoms with Crippen LogP contribution in [0.4, 0.5) is 26.9 Å². The van der Waals surface area contributed by atoms with Gasteiger partial charge in [-0.1, -0.05) is 62.7 Å². The van der Waals surface area contributed by atoms with E-state index in [1.54, 1.807) is 27.9 Å². The molecule has 6 rings (SSSR count). The molecule has 4 amide bonds. The normalized spacial score (nSPS) is 13.8. The van der Waals surface area contributed by atoms with Crippen molar-refractivity contribution in [1.29, 1.82) is 0 Å². The van der Waals surface area contributed by atoms with Crippen LogP contribution in [0.3, 0.4) is 0 Å². The lowest BCUT2D eigenvalue weighted by atomic mass is 9.92. The third kappa shape index (κ3) is 7.36. The van der Waals surface area contributed by atoms with Gasteiger partial charge in [0.2, 0.25) is 0 Å². The highest BCUT2D eigenvalue weighted by molar-refractivity contribution is 6.08. The van der Waals surface area contributed by atoms with Crippen molar-refractivity contribution in [3.05, 3.63) is 96.3 Å². The van der Waals surface area contributed by atoms with E-state index in [1.807, 2.05) is 80.7 Å². The van der Waals surface area contributed by atoms with Gasteiger partial charge in [-0.3, -0.25) is 10.6 Å². The third-order valence-corrected chi connectivity index (χ3v) is 8.10. The number of hydrogen-bond acceptors (Lipinski definition) is 6. The van der Waals surface area contributed by atoms with Crippen molar-refractivity contribution in [2.75, 3.05) is 49.2 Å². The largest absolute Gasteiger partial charge is 0.456 e. The highest BCUT2D eigenvalue weighted by Crippen LogP contribution is 2.36. The van der Waals surface area contributed by atoms with Gasteiger partial charge in [0.05, 0.1) is 17.1 Å². The molecule has 0 aliphatic carbocycles. The molecule has 0 unspecified atom stereocenters. The molecule has 0 spiro atoms. The summed E-state index contributed by atoms with van der Waals surface area (Å²) in [7, 11) is 2.04. The maximum absolute atomic E-state index is 13.5. The molecule has 0 radical (unpaired) electrons. The van der Waals surface area contributed by atoms with Crippen molar-refractivity contribution in [1.82, 2.24) is 24.6 Å². The van der Waals surface area contributed by atoms with Gasteiger partial charge in [0.1, 0.15) is 23.1 Å². The standard InChI is InChI=1S/C36H40N8O3/c1-24-12-14-26(15-13-24)44-32(23-30(41-44)36(2,3)4)40-34(45)38-28-10-6-8-25-9-7-11-29(33(25)28)47-27-16-17-37-31(22-27)39-35(46)43-20-18-42(5)19-21-43/h6-17,22-23H,18-21H2,1-5H3,(H,37,39,46)(H2,38,40,45). The lowest BCUT2D eigenvalue weighted by Crippen LogP contribution is -2.48. The Balaban J connectivity index is 1.23. The van der Waals surface area contributed by atoms with E-state index < -0.39 is 6.03 Å². The molecule has 5 aromatic rings. The topological polar surface area (TPSA) is 117 Å². The van der Waals surface area contributed by atoms with Gasteiger partial charge in [0.15, 0.2) is 0 Å². The number of ether oxygens (including phenoxy) is 1. The van der Waals surface area contributed by atoms with Crippen molar-refractivity contribution in [3.8, 4) is 17.2 Å². The Bertz CT molecular complexity index is 1900. The van der Waals surface area contributed by atoms with Gasteiger partial charge in [0.25, 0.3) is 0 Å². The monoisotopic (exact) mass is 632 g/mol. The number of nitrogens with zero attached hydrogens (tertiary/aromatic N) is 5. The predicted octanol–water partition coefficient (Wildman–Crippen LogP) is 7.24. The number of amides is 4. The molecule has 3 N–H and O–H groups in total. The number of fused-ring (bicyclic) bond motifs is 1. The molecule has 1 aliphatic heterocycles. The number of pyridine rings is 1. The van der Waals surface area contributed by atoms with E-state index in [2.05, 4.69) is 46.6 Å². The summed E-state index contributed by atoms with van der Waals surface area (Å²) >= 11 is 0. The van der Waals surface area contributed by atoms with Crippen LogP contribution in [0.5, 0.6) is 11.5 Å². The van der Waals surface area contributed by atoms with Gasteiger partial charge in [-0.15, -0.1) is 0 Å². The van der Waals surface area contributed by atoms with Gasteiger partial charge >= 0.3 is 12.1 Å². The quantitative estimate of drug-likeness (QED) is 0.182. The van der Waals surface area contributed by atoms with Crippen LogP contribution >= 0.6 is 0 Å². The molecule has 1 aliphatic rings. The number of hydrogen-bond donors (Lipinski definition) is 3. The lowest BCUT2D eigenvalue weighted by Gasteiger charge is -2.32. The second kappa shape index (κ2) is 13.1. The van der Waals surface area contributed by atoms with Gasteiger partial charge in [-0.2, -0.15) is 5.10 Å². The number of carbonyl (C=O) groups excluding carboxylic acids is 2.